The Balaban J connectivity index is 1.51. The van der Waals surface area contributed by atoms with Gasteiger partial charge in [-0.3, -0.25) is 0 Å². The van der Waals surface area contributed by atoms with Crippen molar-refractivity contribution in [2.45, 2.75) is 16.5 Å². The Bertz CT molecular complexity index is 1370. The van der Waals surface area contributed by atoms with Crippen LogP contribution in [-0.2, 0) is 16.4 Å². The highest BCUT2D eigenvalue weighted by atomic mass is 79.9. The summed E-state index contributed by atoms with van der Waals surface area (Å²) < 4.78 is 44.1. The van der Waals surface area contributed by atoms with Gasteiger partial charge >= 0.3 is 0 Å². The molecule has 0 saturated heterocycles. The largest absolute Gasteiger partial charge is 0.454 e. The quantitative estimate of drug-likeness (QED) is 0.375. The van der Waals surface area contributed by atoms with Crippen molar-refractivity contribution >= 4 is 31.7 Å². The summed E-state index contributed by atoms with van der Waals surface area (Å²) in [6.07, 6.45) is 0. The lowest BCUT2D eigenvalue weighted by molar-refractivity contribution is 0.174. The third kappa shape index (κ3) is 3.96. The number of rotatable bonds is 6. The Kier molecular flexibility index (Phi) is 5.36. The van der Waals surface area contributed by atoms with Crippen LogP contribution >= 0.6 is 15.9 Å². The maximum Gasteiger partial charge on any atom is 0.234 e. The SMILES string of the molecule is O=S(=O)(c1ccc(Br)cc1)c1nc(-c2ccccc2)oc1NCc1ccc2c(c1)OCO2. The second-order valence-corrected chi connectivity index (χ2v) is 9.80. The van der Waals surface area contributed by atoms with Crippen LogP contribution in [0.1, 0.15) is 5.56 Å². The first-order chi connectivity index (χ1) is 15.5. The van der Waals surface area contributed by atoms with Crippen LogP contribution in [-0.4, -0.2) is 20.2 Å². The van der Waals surface area contributed by atoms with Gasteiger partial charge in [0.05, 0.1) is 4.90 Å². The summed E-state index contributed by atoms with van der Waals surface area (Å²) in [7, 11) is -3.92. The Hall–Kier alpha value is -3.30. The third-order valence-electron chi connectivity index (χ3n) is 4.89. The molecule has 0 atom stereocenters. The van der Waals surface area contributed by atoms with Gasteiger partial charge in [-0.05, 0) is 54.1 Å². The molecule has 2 heterocycles. The molecule has 5 rings (SSSR count). The first-order valence-corrected chi connectivity index (χ1v) is 12.0. The van der Waals surface area contributed by atoms with Crippen LogP contribution in [0.5, 0.6) is 11.5 Å². The molecule has 32 heavy (non-hydrogen) atoms. The average molecular weight is 513 g/mol. The number of benzene rings is 3. The highest BCUT2D eigenvalue weighted by Gasteiger charge is 2.28. The Morgan fingerprint density at radius 1 is 0.938 bits per heavy atom. The van der Waals surface area contributed by atoms with Crippen molar-refractivity contribution in [3.05, 3.63) is 82.8 Å². The summed E-state index contributed by atoms with van der Waals surface area (Å²) >= 11 is 3.33. The number of oxazole rings is 1. The zero-order valence-electron chi connectivity index (χ0n) is 16.6. The molecular formula is C23H17BrN2O5S. The molecule has 0 fully saturated rings. The molecule has 0 radical (unpaired) electrons. The number of ether oxygens (including phenoxy) is 2. The minimum absolute atomic E-state index is 0.0736. The Morgan fingerprint density at radius 2 is 1.69 bits per heavy atom. The van der Waals surface area contributed by atoms with Crippen molar-refractivity contribution in [2.75, 3.05) is 12.1 Å². The number of nitrogens with one attached hydrogen (secondary N) is 1. The molecule has 0 spiro atoms. The van der Waals surface area contributed by atoms with Gasteiger partial charge in [-0.25, -0.2) is 8.42 Å². The summed E-state index contributed by atoms with van der Waals surface area (Å²) in [6, 6.07) is 21.1. The summed E-state index contributed by atoms with van der Waals surface area (Å²) in [5.74, 6) is 1.62. The van der Waals surface area contributed by atoms with Crippen LogP contribution in [0.3, 0.4) is 0 Å². The van der Waals surface area contributed by atoms with E-state index in [1.807, 2.05) is 48.5 Å². The predicted molar refractivity (Wildman–Crippen MR) is 121 cm³/mol. The lowest BCUT2D eigenvalue weighted by Crippen LogP contribution is -2.07. The molecule has 4 aromatic rings. The minimum atomic E-state index is -3.92. The average Bonchev–Trinajstić information content (AvgIpc) is 3.46. The molecule has 0 aliphatic carbocycles. The topological polar surface area (TPSA) is 90.7 Å². The van der Waals surface area contributed by atoms with Crippen LogP contribution in [0.15, 0.2) is 91.6 Å². The number of hydrogen-bond donors (Lipinski definition) is 1. The van der Waals surface area contributed by atoms with Crippen molar-refractivity contribution in [1.82, 2.24) is 4.98 Å². The van der Waals surface area contributed by atoms with Gasteiger partial charge in [0.25, 0.3) is 0 Å². The summed E-state index contributed by atoms with van der Waals surface area (Å²) in [5, 5.41) is 2.92. The fourth-order valence-corrected chi connectivity index (χ4v) is 4.81. The molecular weight excluding hydrogens is 496 g/mol. The zero-order chi connectivity index (χ0) is 22.1. The number of nitrogens with zero attached hydrogens (tertiary/aromatic N) is 1. The Labute approximate surface area is 193 Å². The van der Waals surface area contributed by atoms with Gasteiger partial charge in [-0.15, -0.1) is 0 Å². The molecule has 7 nitrogen and oxygen atoms in total. The van der Waals surface area contributed by atoms with Gasteiger partial charge in [-0.1, -0.05) is 40.2 Å². The van der Waals surface area contributed by atoms with E-state index in [2.05, 4.69) is 26.2 Å². The van der Waals surface area contributed by atoms with Crippen molar-refractivity contribution in [1.29, 1.82) is 0 Å². The van der Waals surface area contributed by atoms with E-state index in [0.29, 0.717) is 23.6 Å². The molecule has 0 saturated carbocycles. The monoisotopic (exact) mass is 512 g/mol. The molecule has 1 aromatic heterocycles. The smallest absolute Gasteiger partial charge is 0.234 e. The van der Waals surface area contributed by atoms with E-state index >= 15 is 0 Å². The molecule has 0 unspecified atom stereocenters. The summed E-state index contributed by atoms with van der Waals surface area (Å²) in [6.45, 7) is 0.493. The number of halogens is 1. The lowest BCUT2D eigenvalue weighted by Gasteiger charge is -2.07. The molecule has 162 valence electrons. The second-order valence-electron chi connectivity index (χ2n) is 7.02. The molecule has 9 heteroatoms. The van der Waals surface area contributed by atoms with Crippen LogP contribution in [0.2, 0.25) is 0 Å². The van der Waals surface area contributed by atoms with Gasteiger partial charge in [0.15, 0.2) is 11.5 Å². The van der Waals surface area contributed by atoms with Crippen molar-refractivity contribution in [3.63, 3.8) is 0 Å². The second kappa shape index (κ2) is 8.33. The molecule has 0 amide bonds. The lowest BCUT2D eigenvalue weighted by atomic mass is 10.2. The predicted octanol–water partition coefficient (Wildman–Crippen LogP) is 5.28. The zero-order valence-corrected chi connectivity index (χ0v) is 19.0. The first-order valence-electron chi connectivity index (χ1n) is 9.70. The Morgan fingerprint density at radius 3 is 2.47 bits per heavy atom. The maximum absolute atomic E-state index is 13.4. The van der Waals surface area contributed by atoms with Crippen molar-refractivity contribution in [2.24, 2.45) is 0 Å². The van der Waals surface area contributed by atoms with E-state index < -0.39 is 9.84 Å². The molecule has 1 N–H and O–H groups in total. The number of anilines is 1. The number of aromatic nitrogens is 1. The van der Waals surface area contributed by atoms with E-state index in [4.69, 9.17) is 13.9 Å². The van der Waals surface area contributed by atoms with Crippen molar-refractivity contribution < 1.29 is 22.3 Å². The highest BCUT2D eigenvalue weighted by Crippen LogP contribution is 2.35. The van der Waals surface area contributed by atoms with Crippen LogP contribution in [0.4, 0.5) is 5.88 Å². The molecule has 1 aliphatic rings. The normalized spacial score (nSPS) is 12.7. The summed E-state index contributed by atoms with van der Waals surface area (Å²) in [5.41, 5.74) is 1.55. The van der Waals surface area contributed by atoms with E-state index in [-0.39, 0.29) is 28.5 Å². The number of sulfone groups is 1. The van der Waals surface area contributed by atoms with Crippen LogP contribution in [0.25, 0.3) is 11.5 Å². The van der Waals surface area contributed by atoms with Gasteiger partial charge in [0.1, 0.15) is 0 Å². The number of fused-ring (bicyclic) bond motifs is 1. The van der Waals surface area contributed by atoms with Gasteiger partial charge in [-0.2, -0.15) is 4.98 Å². The van der Waals surface area contributed by atoms with E-state index in [0.717, 1.165) is 10.0 Å². The molecule has 0 bridgehead atoms. The fraction of sp³-hybridized carbons (Fsp3) is 0.0870. The van der Waals surface area contributed by atoms with Gasteiger partial charge in [0, 0.05) is 16.6 Å². The molecule has 3 aromatic carbocycles. The van der Waals surface area contributed by atoms with Gasteiger partial charge < -0.3 is 19.2 Å². The number of hydrogen-bond acceptors (Lipinski definition) is 7. The standard InChI is InChI=1S/C23H17BrN2O5S/c24-17-7-9-18(10-8-17)32(27,28)23-22(31-21(26-23)16-4-2-1-3-5-16)25-13-15-6-11-19-20(12-15)30-14-29-19/h1-12,25H,13-14H2. The molecule has 1 aliphatic heterocycles. The highest BCUT2D eigenvalue weighted by molar-refractivity contribution is 9.10. The van der Waals surface area contributed by atoms with Crippen molar-refractivity contribution in [3.8, 4) is 23.0 Å². The van der Waals surface area contributed by atoms with E-state index in [1.165, 1.54) is 12.1 Å². The van der Waals surface area contributed by atoms with Crippen LogP contribution < -0.4 is 14.8 Å². The third-order valence-corrected chi connectivity index (χ3v) is 7.09. The van der Waals surface area contributed by atoms with E-state index in [1.54, 1.807) is 12.1 Å². The van der Waals surface area contributed by atoms with Gasteiger partial charge in [0.2, 0.25) is 33.4 Å². The van der Waals surface area contributed by atoms with Crippen LogP contribution in [0, 0.1) is 0 Å². The minimum Gasteiger partial charge on any atom is -0.454 e. The summed E-state index contributed by atoms with van der Waals surface area (Å²) in [4.78, 5) is 4.47. The van der Waals surface area contributed by atoms with E-state index in [9.17, 15) is 8.42 Å². The maximum atomic E-state index is 13.4. The first kappa shape index (κ1) is 20.6. The fourth-order valence-electron chi connectivity index (χ4n) is 3.26.